The van der Waals surface area contributed by atoms with E-state index in [0.717, 1.165) is 18.6 Å². The quantitative estimate of drug-likeness (QED) is 0.678. The topological polar surface area (TPSA) is 82.8 Å². The number of ether oxygens (including phenoxy) is 3. The first-order valence-electron chi connectivity index (χ1n) is 8.94. The molecule has 3 N–H and O–H groups in total. The van der Waals surface area contributed by atoms with Crippen LogP contribution in [0.3, 0.4) is 0 Å². The monoisotopic (exact) mass is 386 g/mol. The van der Waals surface area contributed by atoms with Gasteiger partial charge in [-0.05, 0) is 37.5 Å². The van der Waals surface area contributed by atoms with Crippen LogP contribution < -0.4 is 15.8 Å². The molecule has 2 rings (SSSR count). The third kappa shape index (κ3) is 6.13. The Balaban J connectivity index is 0.00000338. The minimum atomic E-state index is -0.240. The van der Waals surface area contributed by atoms with Gasteiger partial charge in [-0.3, -0.25) is 4.79 Å². The van der Waals surface area contributed by atoms with Gasteiger partial charge in [0.15, 0.2) is 0 Å². The fourth-order valence-electron chi connectivity index (χ4n) is 3.21. The Morgan fingerprint density at radius 1 is 1.31 bits per heavy atom. The molecule has 1 aliphatic heterocycles. The molecule has 1 saturated heterocycles. The van der Waals surface area contributed by atoms with E-state index in [9.17, 15) is 4.79 Å². The van der Waals surface area contributed by atoms with E-state index in [-0.39, 0.29) is 36.3 Å². The predicted octanol–water partition coefficient (Wildman–Crippen LogP) is 2.04. The number of rotatable bonds is 9. The number of benzene rings is 1. The second-order valence-corrected chi connectivity index (χ2v) is 6.42. The van der Waals surface area contributed by atoms with E-state index in [0.29, 0.717) is 32.9 Å². The molecule has 6 nitrogen and oxygen atoms in total. The Morgan fingerprint density at radius 3 is 2.50 bits per heavy atom. The number of nitrogens with one attached hydrogen (secondary N) is 1. The molecule has 0 saturated carbocycles. The molecule has 1 heterocycles. The van der Waals surface area contributed by atoms with Crippen LogP contribution in [-0.2, 0) is 19.7 Å². The molecule has 0 aromatic heterocycles. The van der Waals surface area contributed by atoms with Crippen LogP contribution in [0.1, 0.15) is 31.7 Å². The standard InChI is InChI=1S/C19H30N2O4.ClH/c1-3-25-16-6-4-15(5-7-16)19(8-10-24-11-9-19)14-21-18(22)12-17(13-20)23-2;/h4-7,17H,3,8-14,20H2,1-2H3,(H,21,22);1H. The van der Waals surface area contributed by atoms with Crippen LogP contribution >= 0.6 is 12.4 Å². The molecule has 1 aromatic rings. The van der Waals surface area contributed by atoms with Crippen molar-refractivity contribution in [1.29, 1.82) is 0 Å². The van der Waals surface area contributed by atoms with Gasteiger partial charge in [0.05, 0.1) is 19.1 Å². The number of nitrogens with two attached hydrogens (primary N) is 1. The van der Waals surface area contributed by atoms with Gasteiger partial charge in [0.25, 0.3) is 0 Å². The van der Waals surface area contributed by atoms with Crippen molar-refractivity contribution in [3.05, 3.63) is 29.8 Å². The number of halogens is 1. The molecule has 1 atom stereocenters. The highest BCUT2D eigenvalue weighted by atomic mass is 35.5. The van der Waals surface area contributed by atoms with E-state index in [4.69, 9.17) is 19.9 Å². The number of carbonyl (C=O) groups is 1. The van der Waals surface area contributed by atoms with Crippen molar-refractivity contribution in [1.82, 2.24) is 5.32 Å². The van der Waals surface area contributed by atoms with Crippen LogP contribution in [-0.4, -0.2) is 52.0 Å². The summed E-state index contributed by atoms with van der Waals surface area (Å²) in [6.07, 6.45) is 1.80. The maximum Gasteiger partial charge on any atom is 0.222 e. The molecule has 26 heavy (non-hydrogen) atoms. The lowest BCUT2D eigenvalue weighted by Gasteiger charge is -2.38. The molecule has 1 amide bonds. The van der Waals surface area contributed by atoms with E-state index >= 15 is 0 Å². The van der Waals surface area contributed by atoms with E-state index in [2.05, 4.69) is 17.4 Å². The van der Waals surface area contributed by atoms with E-state index in [1.807, 2.05) is 19.1 Å². The average molecular weight is 387 g/mol. The number of carbonyl (C=O) groups excluding carboxylic acids is 1. The number of amides is 1. The van der Waals surface area contributed by atoms with Gasteiger partial charge >= 0.3 is 0 Å². The summed E-state index contributed by atoms with van der Waals surface area (Å²) in [6, 6.07) is 8.18. The van der Waals surface area contributed by atoms with Crippen LogP contribution in [0.25, 0.3) is 0 Å². The van der Waals surface area contributed by atoms with Gasteiger partial charge in [-0.1, -0.05) is 12.1 Å². The molecular weight excluding hydrogens is 356 g/mol. The third-order valence-electron chi connectivity index (χ3n) is 4.86. The van der Waals surface area contributed by atoms with Gasteiger partial charge in [-0.25, -0.2) is 0 Å². The zero-order valence-electron chi connectivity index (χ0n) is 15.7. The maximum atomic E-state index is 12.2. The molecule has 1 aromatic carbocycles. The highest BCUT2D eigenvalue weighted by Crippen LogP contribution is 2.35. The lowest BCUT2D eigenvalue weighted by Crippen LogP contribution is -2.45. The summed E-state index contributed by atoms with van der Waals surface area (Å²) in [5.41, 5.74) is 6.70. The summed E-state index contributed by atoms with van der Waals surface area (Å²) >= 11 is 0. The van der Waals surface area contributed by atoms with Crippen molar-refractivity contribution < 1.29 is 19.0 Å². The zero-order valence-corrected chi connectivity index (χ0v) is 16.5. The lowest BCUT2D eigenvalue weighted by atomic mass is 9.74. The minimum absolute atomic E-state index is 0. The Labute approximate surface area is 162 Å². The second-order valence-electron chi connectivity index (χ2n) is 6.42. The first kappa shape index (κ1) is 22.7. The summed E-state index contributed by atoms with van der Waals surface area (Å²) in [5.74, 6) is 0.831. The molecule has 7 heteroatoms. The van der Waals surface area contributed by atoms with Crippen molar-refractivity contribution in [2.24, 2.45) is 5.73 Å². The fraction of sp³-hybridized carbons (Fsp3) is 0.632. The summed E-state index contributed by atoms with van der Waals surface area (Å²) in [6.45, 7) is 4.94. The van der Waals surface area contributed by atoms with Gasteiger partial charge in [-0.2, -0.15) is 0 Å². The Bertz CT molecular complexity index is 529. The Kier molecular flexibility index (Phi) is 9.94. The molecule has 1 fully saturated rings. The second kappa shape index (κ2) is 11.4. The molecular formula is C19H31ClN2O4. The summed E-state index contributed by atoms with van der Waals surface area (Å²) < 4.78 is 16.3. The minimum Gasteiger partial charge on any atom is -0.494 e. The summed E-state index contributed by atoms with van der Waals surface area (Å²) in [7, 11) is 1.57. The zero-order chi connectivity index (χ0) is 18.1. The van der Waals surface area contributed by atoms with Gasteiger partial charge in [0.1, 0.15) is 5.75 Å². The average Bonchev–Trinajstić information content (AvgIpc) is 2.66. The van der Waals surface area contributed by atoms with Crippen molar-refractivity contribution >= 4 is 18.3 Å². The van der Waals surface area contributed by atoms with Gasteiger partial charge < -0.3 is 25.3 Å². The van der Waals surface area contributed by atoms with Gasteiger partial charge in [0.2, 0.25) is 5.91 Å². The fourth-order valence-corrected chi connectivity index (χ4v) is 3.21. The van der Waals surface area contributed by atoms with Crippen molar-refractivity contribution in [2.75, 3.05) is 40.0 Å². The molecule has 1 aliphatic rings. The molecule has 148 valence electrons. The molecule has 0 aliphatic carbocycles. The smallest absolute Gasteiger partial charge is 0.222 e. The van der Waals surface area contributed by atoms with E-state index in [1.165, 1.54) is 5.56 Å². The van der Waals surface area contributed by atoms with Crippen molar-refractivity contribution in [3.63, 3.8) is 0 Å². The predicted molar refractivity (Wildman–Crippen MR) is 104 cm³/mol. The maximum absolute atomic E-state index is 12.2. The van der Waals surface area contributed by atoms with Crippen LogP contribution in [0, 0.1) is 0 Å². The van der Waals surface area contributed by atoms with Gasteiger partial charge in [-0.15, -0.1) is 12.4 Å². The first-order valence-corrected chi connectivity index (χ1v) is 8.94. The van der Waals surface area contributed by atoms with Gasteiger partial charge in [0, 0.05) is 38.8 Å². The molecule has 1 unspecified atom stereocenters. The van der Waals surface area contributed by atoms with Crippen LogP contribution in [0.5, 0.6) is 5.75 Å². The van der Waals surface area contributed by atoms with Crippen LogP contribution in [0.4, 0.5) is 0 Å². The summed E-state index contributed by atoms with van der Waals surface area (Å²) in [4.78, 5) is 12.2. The summed E-state index contributed by atoms with van der Waals surface area (Å²) in [5, 5.41) is 3.07. The number of methoxy groups -OCH3 is 1. The molecule has 0 spiro atoms. The van der Waals surface area contributed by atoms with Crippen molar-refractivity contribution in [3.8, 4) is 5.75 Å². The molecule has 0 bridgehead atoms. The molecule has 0 radical (unpaired) electrons. The van der Waals surface area contributed by atoms with Crippen molar-refractivity contribution in [2.45, 2.75) is 37.7 Å². The Hall–Kier alpha value is -1.34. The lowest BCUT2D eigenvalue weighted by molar-refractivity contribution is -0.123. The van der Waals surface area contributed by atoms with E-state index < -0.39 is 0 Å². The normalized spacial score (nSPS) is 17.0. The Morgan fingerprint density at radius 2 is 1.96 bits per heavy atom. The SMILES string of the molecule is CCOc1ccc(C2(CNC(=O)CC(CN)OC)CCOCC2)cc1.Cl. The highest BCUT2D eigenvalue weighted by molar-refractivity contribution is 5.85. The van der Waals surface area contributed by atoms with Crippen LogP contribution in [0.15, 0.2) is 24.3 Å². The number of hydrogen-bond acceptors (Lipinski definition) is 5. The first-order chi connectivity index (χ1) is 12.1. The third-order valence-corrected chi connectivity index (χ3v) is 4.86. The highest BCUT2D eigenvalue weighted by Gasteiger charge is 2.35. The van der Waals surface area contributed by atoms with Crippen LogP contribution in [0.2, 0.25) is 0 Å². The largest absolute Gasteiger partial charge is 0.494 e. The van der Waals surface area contributed by atoms with E-state index in [1.54, 1.807) is 7.11 Å². The number of hydrogen-bond donors (Lipinski definition) is 2.